The van der Waals surface area contributed by atoms with Gasteiger partial charge in [-0.3, -0.25) is 9.69 Å². The quantitative estimate of drug-likeness (QED) is 0.188. The number of fused-ring (bicyclic) bond motifs is 1. The standard InChI is InChI=1S/C25H30N2O6S3/c1-4-17(15-20-23(30)27(16-22(28)29)24(34)35-20)11-12-21-25(2,3)18-9-5-6-10-19(18)26(21)13-7-8-14-36(31,32)33/h5-6,9-12,15H,4,7-8,13-14,16H2,1-3H3,(H,28,29)(H,31,32,33)/p-2/b17-11+,20-15+,21-12+. The highest BCUT2D eigenvalue weighted by Crippen LogP contribution is 2.47. The summed E-state index contributed by atoms with van der Waals surface area (Å²) in [5.74, 6) is -2.22. The van der Waals surface area contributed by atoms with Crippen molar-refractivity contribution in [2.45, 2.75) is 45.4 Å². The molecule has 0 N–H and O–H groups in total. The summed E-state index contributed by atoms with van der Waals surface area (Å²) in [6, 6.07) is 8.02. The second-order valence-corrected chi connectivity index (χ2v) is 12.2. The Kier molecular flexibility index (Phi) is 8.81. The SMILES string of the molecule is CCC(=C\C=C1\N(CCCCS(=O)(=O)[O-])c2ccccc2C1(C)C)/C=C1/SC(=S)N(CC(=O)[O-])C1=O. The van der Waals surface area contributed by atoms with E-state index in [0.29, 0.717) is 24.3 Å². The van der Waals surface area contributed by atoms with Gasteiger partial charge in [0.25, 0.3) is 5.91 Å². The van der Waals surface area contributed by atoms with Crippen molar-refractivity contribution in [1.29, 1.82) is 0 Å². The van der Waals surface area contributed by atoms with Crippen LogP contribution in [-0.2, 0) is 25.1 Å². The van der Waals surface area contributed by atoms with Crippen LogP contribution in [0.4, 0.5) is 5.69 Å². The molecule has 0 bridgehead atoms. The van der Waals surface area contributed by atoms with Crippen LogP contribution in [0.15, 0.2) is 58.7 Å². The molecule has 1 fully saturated rings. The molecule has 8 nitrogen and oxygen atoms in total. The number of thiocarbonyl (C=S) groups is 1. The monoisotopic (exact) mass is 548 g/mol. The molecule has 0 radical (unpaired) electrons. The van der Waals surface area contributed by atoms with Crippen LogP contribution in [0.25, 0.3) is 0 Å². The van der Waals surface area contributed by atoms with Crippen molar-refractivity contribution in [1.82, 2.24) is 4.90 Å². The highest BCUT2D eigenvalue weighted by molar-refractivity contribution is 8.26. The molecule has 1 aromatic rings. The van der Waals surface area contributed by atoms with Crippen LogP contribution in [0.5, 0.6) is 0 Å². The van der Waals surface area contributed by atoms with Crippen LogP contribution < -0.4 is 10.0 Å². The number of carboxylic acid groups (broad SMARTS) is 1. The fourth-order valence-corrected chi connectivity index (χ4v) is 6.15. The van der Waals surface area contributed by atoms with E-state index in [4.69, 9.17) is 12.2 Å². The number of carbonyl (C=O) groups is 2. The third-order valence-corrected chi connectivity index (χ3v) is 8.33. The van der Waals surface area contributed by atoms with E-state index in [1.54, 1.807) is 6.08 Å². The molecule has 0 atom stereocenters. The van der Waals surface area contributed by atoms with Gasteiger partial charge in [0.05, 0.1) is 27.5 Å². The number of nitrogens with zero attached hydrogens (tertiary/aromatic N) is 2. The van der Waals surface area contributed by atoms with Crippen LogP contribution >= 0.6 is 24.0 Å². The maximum Gasteiger partial charge on any atom is 0.266 e. The lowest BCUT2D eigenvalue weighted by Gasteiger charge is -2.27. The summed E-state index contributed by atoms with van der Waals surface area (Å²) < 4.78 is 33.2. The van der Waals surface area contributed by atoms with E-state index in [0.717, 1.165) is 39.2 Å². The lowest BCUT2D eigenvalue weighted by molar-refractivity contribution is -0.305. The second kappa shape index (κ2) is 11.3. The molecule has 1 aromatic carbocycles. The Morgan fingerprint density at radius 2 is 1.89 bits per heavy atom. The van der Waals surface area contributed by atoms with Crippen molar-refractivity contribution in [3.63, 3.8) is 0 Å². The number of amides is 1. The van der Waals surface area contributed by atoms with Gasteiger partial charge in [-0.05, 0) is 48.6 Å². The zero-order chi connectivity index (χ0) is 26.7. The fraction of sp³-hybridized carbons (Fsp3) is 0.400. The average molecular weight is 549 g/mol. The van der Waals surface area contributed by atoms with E-state index in [1.807, 2.05) is 37.3 Å². The maximum absolute atomic E-state index is 12.6. The minimum Gasteiger partial charge on any atom is -0.748 e. The first kappa shape index (κ1) is 28.1. The van der Waals surface area contributed by atoms with Gasteiger partial charge in [-0.25, -0.2) is 8.42 Å². The summed E-state index contributed by atoms with van der Waals surface area (Å²) in [5.41, 5.74) is 3.72. The van der Waals surface area contributed by atoms with E-state index >= 15 is 0 Å². The van der Waals surface area contributed by atoms with Gasteiger partial charge in [0.1, 0.15) is 4.32 Å². The number of aliphatic carboxylic acids is 1. The van der Waals surface area contributed by atoms with E-state index in [1.165, 1.54) is 0 Å². The number of hydrogen-bond donors (Lipinski definition) is 0. The predicted octanol–water partition coefficient (Wildman–Crippen LogP) is 2.82. The number of carbonyl (C=O) groups excluding carboxylic acids is 2. The zero-order valence-corrected chi connectivity index (χ0v) is 22.8. The molecule has 36 heavy (non-hydrogen) atoms. The Morgan fingerprint density at radius 1 is 1.19 bits per heavy atom. The summed E-state index contributed by atoms with van der Waals surface area (Å²) in [7, 11) is -4.25. The minimum absolute atomic E-state index is 0.183. The fourth-order valence-electron chi connectivity index (χ4n) is 4.32. The Labute approximate surface area is 221 Å². The van der Waals surface area contributed by atoms with Gasteiger partial charge in [-0.15, -0.1) is 0 Å². The first-order valence-corrected chi connectivity index (χ1v) is 14.3. The molecule has 2 aliphatic heterocycles. The van der Waals surface area contributed by atoms with Crippen LogP contribution in [0.2, 0.25) is 0 Å². The number of thioether (sulfide) groups is 1. The van der Waals surface area contributed by atoms with Gasteiger partial charge in [-0.2, -0.15) is 0 Å². The van der Waals surface area contributed by atoms with E-state index in [9.17, 15) is 27.7 Å². The number of benzene rings is 1. The van der Waals surface area contributed by atoms with E-state index in [2.05, 4.69) is 24.8 Å². The molecule has 194 valence electrons. The topological polar surface area (TPSA) is 121 Å². The van der Waals surface area contributed by atoms with Crippen LogP contribution in [0.3, 0.4) is 0 Å². The Morgan fingerprint density at radius 3 is 2.53 bits per heavy atom. The highest BCUT2D eigenvalue weighted by atomic mass is 32.2. The molecule has 1 saturated heterocycles. The van der Waals surface area contributed by atoms with Gasteiger partial charge in [0, 0.05) is 29.1 Å². The van der Waals surface area contributed by atoms with Crippen molar-refractivity contribution in [2.24, 2.45) is 0 Å². The van der Waals surface area contributed by atoms with Gasteiger partial charge in [0.2, 0.25) is 0 Å². The number of anilines is 1. The van der Waals surface area contributed by atoms with Crippen molar-refractivity contribution in [3.05, 3.63) is 64.2 Å². The minimum atomic E-state index is -4.25. The molecule has 11 heteroatoms. The van der Waals surface area contributed by atoms with Crippen molar-refractivity contribution < 1.29 is 27.7 Å². The molecule has 2 heterocycles. The largest absolute Gasteiger partial charge is 0.748 e. The third kappa shape index (κ3) is 6.44. The van der Waals surface area contributed by atoms with Gasteiger partial charge < -0.3 is 19.4 Å². The Hall–Kier alpha value is -2.47. The highest BCUT2D eigenvalue weighted by Gasteiger charge is 2.39. The van der Waals surface area contributed by atoms with Crippen molar-refractivity contribution >= 4 is 56.0 Å². The molecular formula is C25H28N2O6S3-2. The van der Waals surface area contributed by atoms with Gasteiger partial charge in [0.15, 0.2) is 0 Å². The maximum atomic E-state index is 12.6. The zero-order valence-electron chi connectivity index (χ0n) is 20.4. The molecule has 2 aliphatic rings. The summed E-state index contributed by atoms with van der Waals surface area (Å²) in [6.45, 7) is 6.16. The molecule has 3 rings (SSSR count). The number of carboxylic acids is 1. The summed E-state index contributed by atoms with van der Waals surface area (Å²) in [4.78, 5) is 27.1. The number of para-hydroxylation sites is 1. The number of unbranched alkanes of at least 4 members (excludes halogenated alkanes) is 1. The summed E-state index contributed by atoms with van der Waals surface area (Å²) in [6.07, 6.45) is 7.11. The van der Waals surface area contributed by atoms with E-state index in [-0.39, 0.29) is 21.9 Å². The van der Waals surface area contributed by atoms with Crippen LogP contribution in [-0.4, -0.2) is 52.9 Å². The smallest absolute Gasteiger partial charge is 0.266 e. The first-order chi connectivity index (χ1) is 16.8. The first-order valence-electron chi connectivity index (χ1n) is 11.5. The van der Waals surface area contributed by atoms with Crippen LogP contribution in [0.1, 0.15) is 45.6 Å². The lowest BCUT2D eigenvalue weighted by Crippen LogP contribution is -2.40. The van der Waals surface area contributed by atoms with E-state index < -0.39 is 28.5 Å². The second-order valence-electron chi connectivity index (χ2n) is 9.05. The van der Waals surface area contributed by atoms with Gasteiger partial charge >= 0.3 is 0 Å². The number of hydrogen-bond acceptors (Lipinski definition) is 9. The molecule has 0 spiro atoms. The number of rotatable bonds is 10. The Bertz CT molecular complexity index is 1260. The normalized spacial score (nSPS) is 20.1. The number of allylic oxidation sites excluding steroid dienone is 5. The lowest BCUT2D eigenvalue weighted by atomic mass is 9.83. The molecular weight excluding hydrogens is 520 g/mol. The third-order valence-electron chi connectivity index (χ3n) is 6.17. The molecule has 0 aromatic heterocycles. The average Bonchev–Trinajstić information content (AvgIpc) is 3.17. The summed E-state index contributed by atoms with van der Waals surface area (Å²) in [5, 5.41) is 10.9. The van der Waals surface area contributed by atoms with Crippen LogP contribution in [0, 0.1) is 0 Å². The Balaban J connectivity index is 1.90. The molecule has 0 aliphatic carbocycles. The molecule has 1 amide bonds. The van der Waals surface area contributed by atoms with Gasteiger partial charge in [-0.1, -0.05) is 69.0 Å². The van der Waals surface area contributed by atoms with Crippen molar-refractivity contribution in [3.8, 4) is 0 Å². The van der Waals surface area contributed by atoms with Crippen molar-refractivity contribution in [2.75, 3.05) is 23.7 Å². The summed E-state index contributed by atoms with van der Waals surface area (Å²) >= 11 is 6.22. The predicted molar refractivity (Wildman–Crippen MR) is 142 cm³/mol. The molecule has 0 saturated carbocycles. The molecule has 0 unspecified atom stereocenters.